The maximum atomic E-state index is 12.5. The molecule has 0 bridgehead atoms. The number of nitrogens with zero attached hydrogens (tertiary/aromatic N) is 2. The lowest BCUT2D eigenvalue weighted by Crippen LogP contribution is -2.28. The van der Waals surface area contributed by atoms with Crippen LogP contribution in [0, 0.1) is 12.8 Å². The van der Waals surface area contributed by atoms with Crippen LogP contribution < -0.4 is 10.6 Å². The van der Waals surface area contributed by atoms with Gasteiger partial charge in [-0.25, -0.2) is 0 Å². The number of amides is 2. The van der Waals surface area contributed by atoms with Crippen LogP contribution in [-0.4, -0.2) is 28.1 Å². The van der Waals surface area contributed by atoms with E-state index >= 15 is 0 Å². The Morgan fingerprint density at radius 1 is 1.21 bits per heavy atom. The van der Waals surface area contributed by atoms with Crippen LogP contribution in [0.15, 0.2) is 30.5 Å². The van der Waals surface area contributed by atoms with Gasteiger partial charge in [-0.15, -0.1) is 0 Å². The number of carbonyl (C=O) groups excluding carboxylic acids is 2. The molecule has 2 N–H and O–H groups in total. The second-order valence-electron chi connectivity index (χ2n) is 6.12. The fourth-order valence-electron chi connectivity index (χ4n) is 2.24. The summed E-state index contributed by atoms with van der Waals surface area (Å²) in [5.41, 5.74) is 2.12. The third kappa shape index (κ3) is 4.22. The highest BCUT2D eigenvalue weighted by Crippen LogP contribution is 2.17. The highest BCUT2D eigenvalue weighted by atomic mass is 16.2. The van der Waals surface area contributed by atoms with Crippen LogP contribution in [0.5, 0.6) is 0 Å². The van der Waals surface area contributed by atoms with Crippen LogP contribution in [0.4, 0.5) is 5.69 Å². The maximum Gasteiger partial charge on any atom is 0.273 e. The van der Waals surface area contributed by atoms with E-state index in [1.807, 2.05) is 45.9 Å². The SMILES string of the molecule is CCn1cc(NC(=O)c2ccccc2C)c(C(=O)NCC(C)C)n1. The zero-order valence-corrected chi connectivity index (χ0v) is 14.6. The molecule has 6 heteroatoms. The third-order valence-electron chi connectivity index (χ3n) is 3.61. The standard InChI is InChI=1S/C18H24N4O2/c1-5-22-11-15(16(21-22)18(24)19-10-12(2)3)20-17(23)14-9-7-6-8-13(14)4/h6-9,11-12H,5,10H2,1-4H3,(H,19,24)(H,20,23). The number of hydrogen-bond donors (Lipinski definition) is 2. The number of aryl methyl sites for hydroxylation is 2. The molecule has 0 spiro atoms. The molecule has 0 aliphatic heterocycles. The summed E-state index contributed by atoms with van der Waals surface area (Å²) in [5, 5.41) is 9.91. The first-order valence-corrected chi connectivity index (χ1v) is 8.15. The molecule has 1 aromatic heterocycles. The molecule has 2 amide bonds. The maximum absolute atomic E-state index is 12.5. The fourth-order valence-corrected chi connectivity index (χ4v) is 2.24. The van der Waals surface area contributed by atoms with Gasteiger partial charge in [-0.1, -0.05) is 32.0 Å². The number of anilines is 1. The molecule has 0 unspecified atom stereocenters. The molecule has 0 aliphatic carbocycles. The van der Waals surface area contributed by atoms with Gasteiger partial charge in [0.15, 0.2) is 5.69 Å². The molecule has 2 rings (SSSR count). The van der Waals surface area contributed by atoms with Crippen molar-refractivity contribution in [3.05, 3.63) is 47.3 Å². The Labute approximate surface area is 142 Å². The molecule has 128 valence electrons. The summed E-state index contributed by atoms with van der Waals surface area (Å²) in [6.45, 7) is 9.02. The van der Waals surface area contributed by atoms with Gasteiger partial charge in [0.25, 0.3) is 11.8 Å². The fraction of sp³-hybridized carbons (Fsp3) is 0.389. The summed E-state index contributed by atoms with van der Waals surface area (Å²) >= 11 is 0. The van der Waals surface area contributed by atoms with Crippen molar-refractivity contribution in [1.29, 1.82) is 0 Å². The van der Waals surface area contributed by atoms with Gasteiger partial charge in [0.05, 0.1) is 5.69 Å². The van der Waals surface area contributed by atoms with Crippen molar-refractivity contribution in [2.75, 3.05) is 11.9 Å². The number of nitrogens with one attached hydrogen (secondary N) is 2. The van der Waals surface area contributed by atoms with Crippen LogP contribution in [0.1, 0.15) is 47.2 Å². The van der Waals surface area contributed by atoms with Gasteiger partial charge < -0.3 is 10.6 Å². The molecule has 1 heterocycles. The molecular formula is C18H24N4O2. The van der Waals surface area contributed by atoms with E-state index < -0.39 is 0 Å². The van der Waals surface area contributed by atoms with E-state index in [0.29, 0.717) is 30.3 Å². The van der Waals surface area contributed by atoms with Gasteiger partial charge >= 0.3 is 0 Å². The van der Waals surface area contributed by atoms with E-state index in [0.717, 1.165) is 5.56 Å². The molecule has 1 aromatic carbocycles. The minimum Gasteiger partial charge on any atom is -0.350 e. The van der Waals surface area contributed by atoms with Gasteiger partial charge in [0, 0.05) is 24.8 Å². The molecule has 6 nitrogen and oxygen atoms in total. The van der Waals surface area contributed by atoms with Crippen molar-refractivity contribution < 1.29 is 9.59 Å². The molecule has 0 saturated carbocycles. The van der Waals surface area contributed by atoms with E-state index in [-0.39, 0.29) is 17.5 Å². The summed E-state index contributed by atoms with van der Waals surface area (Å²) in [4.78, 5) is 24.8. The summed E-state index contributed by atoms with van der Waals surface area (Å²) in [6.07, 6.45) is 1.68. The third-order valence-corrected chi connectivity index (χ3v) is 3.61. The lowest BCUT2D eigenvalue weighted by Gasteiger charge is -2.09. The van der Waals surface area contributed by atoms with Crippen LogP contribution >= 0.6 is 0 Å². The number of benzene rings is 1. The predicted octanol–water partition coefficient (Wildman–Crippen LogP) is 2.85. The van der Waals surface area contributed by atoms with Gasteiger partial charge in [-0.05, 0) is 31.4 Å². The van der Waals surface area contributed by atoms with Crippen LogP contribution in [0.2, 0.25) is 0 Å². The second kappa shape index (κ2) is 7.77. The van der Waals surface area contributed by atoms with E-state index in [1.54, 1.807) is 16.9 Å². The van der Waals surface area contributed by atoms with E-state index in [9.17, 15) is 9.59 Å². The van der Waals surface area contributed by atoms with Crippen LogP contribution in [0.25, 0.3) is 0 Å². The largest absolute Gasteiger partial charge is 0.350 e. The van der Waals surface area contributed by atoms with Crippen LogP contribution in [-0.2, 0) is 6.54 Å². The van der Waals surface area contributed by atoms with Gasteiger partial charge in [0.1, 0.15) is 0 Å². The first-order chi connectivity index (χ1) is 11.4. The normalized spacial score (nSPS) is 10.7. The van der Waals surface area contributed by atoms with E-state index in [1.165, 1.54) is 0 Å². The van der Waals surface area contributed by atoms with Gasteiger partial charge in [-0.3, -0.25) is 14.3 Å². The molecule has 0 aliphatic rings. The molecule has 0 saturated heterocycles. The average Bonchev–Trinajstić information content (AvgIpc) is 2.96. The molecule has 0 atom stereocenters. The number of hydrogen-bond acceptors (Lipinski definition) is 3. The first kappa shape index (κ1) is 17.7. The summed E-state index contributed by atoms with van der Waals surface area (Å²) in [5.74, 6) is -0.190. The van der Waals surface area contributed by atoms with E-state index in [2.05, 4.69) is 15.7 Å². The number of carbonyl (C=O) groups is 2. The Balaban J connectivity index is 2.23. The zero-order valence-electron chi connectivity index (χ0n) is 14.6. The second-order valence-corrected chi connectivity index (χ2v) is 6.12. The molecule has 0 fully saturated rings. The summed E-state index contributed by atoms with van der Waals surface area (Å²) in [6, 6.07) is 7.33. The minimum absolute atomic E-state index is 0.236. The molecule has 0 radical (unpaired) electrons. The topological polar surface area (TPSA) is 76.0 Å². The Hall–Kier alpha value is -2.63. The lowest BCUT2D eigenvalue weighted by atomic mass is 10.1. The van der Waals surface area contributed by atoms with Gasteiger partial charge in [-0.2, -0.15) is 5.10 Å². The summed E-state index contributed by atoms with van der Waals surface area (Å²) < 4.78 is 1.64. The molecule has 2 aromatic rings. The van der Waals surface area contributed by atoms with Gasteiger partial charge in [0.2, 0.25) is 0 Å². The van der Waals surface area contributed by atoms with Crippen molar-refractivity contribution >= 4 is 17.5 Å². The lowest BCUT2D eigenvalue weighted by molar-refractivity contribution is 0.0944. The van der Waals surface area contributed by atoms with E-state index in [4.69, 9.17) is 0 Å². The Bertz CT molecular complexity index is 734. The van der Waals surface area contributed by atoms with Crippen molar-refractivity contribution in [1.82, 2.24) is 15.1 Å². The Morgan fingerprint density at radius 2 is 1.92 bits per heavy atom. The predicted molar refractivity (Wildman–Crippen MR) is 94.2 cm³/mol. The smallest absolute Gasteiger partial charge is 0.273 e. The highest BCUT2D eigenvalue weighted by Gasteiger charge is 2.19. The number of aromatic nitrogens is 2. The van der Waals surface area contributed by atoms with Crippen molar-refractivity contribution in [2.24, 2.45) is 5.92 Å². The van der Waals surface area contributed by atoms with Crippen molar-refractivity contribution in [3.63, 3.8) is 0 Å². The Morgan fingerprint density at radius 3 is 2.54 bits per heavy atom. The highest BCUT2D eigenvalue weighted by molar-refractivity contribution is 6.08. The monoisotopic (exact) mass is 328 g/mol. The Kier molecular flexibility index (Phi) is 5.73. The van der Waals surface area contributed by atoms with Crippen LogP contribution in [0.3, 0.4) is 0 Å². The zero-order chi connectivity index (χ0) is 17.7. The minimum atomic E-state index is -0.281. The number of rotatable bonds is 6. The molecular weight excluding hydrogens is 304 g/mol. The molecule has 24 heavy (non-hydrogen) atoms. The quantitative estimate of drug-likeness (QED) is 0.856. The summed E-state index contributed by atoms with van der Waals surface area (Å²) in [7, 11) is 0. The van der Waals surface area contributed by atoms with Crippen molar-refractivity contribution in [2.45, 2.75) is 34.2 Å². The first-order valence-electron chi connectivity index (χ1n) is 8.15. The average molecular weight is 328 g/mol. The van der Waals surface area contributed by atoms with Crippen molar-refractivity contribution in [3.8, 4) is 0 Å².